The fourth-order valence-corrected chi connectivity index (χ4v) is 1.53. The average Bonchev–Trinajstić information content (AvgIpc) is 2.24. The minimum absolute atomic E-state index is 0.00365. The number of nitrogens with zero attached hydrogens (tertiary/aromatic N) is 1. The summed E-state index contributed by atoms with van der Waals surface area (Å²) < 4.78 is 10.1. The Bertz CT molecular complexity index is 277. The lowest BCUT2D eigenvalue weighted by Crippen LogP contribution is -2.49. The van der Waals surface area contributed by atoms with Crippen LogP contribution in [0.25, 0.3) is 0 Å². The fraction of sp³-hybridized carbons (Fsp3) is 0.636. The molecule has 1 saturated heterocycles. The molecule has 0 radical (unpaired) electrons. The molecule has 1 unspecified atom stereocenters. The second kappa shape index (κ2) is 6.27. The highest BCUT2D eigenvalue weighted by atomic mass is 16.5. The Hall–Kier alpha value is -1.36. The molecular formula is C11H17NO4. The summed E-state index contributed by atoms with van der Waals surface area (Å²) in [4.78, 5) is 24.5. The van der Waals surface area contributed by atoms with Crippen molar-refractivity contribution in [2.75, 3.05) is 26.3 Å². The number of esters is 1. The van der Waals surface area contributed by atoms with Gasteiger partial charge < -0.3 is 14.4 Å². The molecule has 5 nitrogen and oxygen atoms in total. The fourth-order valence-electron chi connectivity index (χ4n) is 1.53. The van der Waals surface area contributed by atoms with Crippen molar-refractivity contribution >= 4 is 11.9 Å². The minimum atomic E-state index is -0.499. The standard InChI is InChI=1S/C11H17NO4/c1-3-5-9-11(14)12(6-7-16-9)8-10(13)15-4-2/h3,9H,1,4-8H2,2H3. The Morgan fingerprint density at radius 1 is 1.75 bits per heavy atom. The second-order valence-electron chi connectivity index (χ2n) is 3.45. The van der Waals surface area contributed by atoms with Gasteiger partial charge in [-0.1, -0.05) is 6.08 Å². The van der Waals surface area contributed by atoms with Crippen LogP contribution in [0, 0.1) is 0 Å². The summed E-state index contributed by atoms with van der Waals surface area (Å²) in [6.45, 7) is 6.51. The molecule has 1 heterocycles. The molecule has 1 atom stereocenters. The van der Waals surface area contributed by atoms with E-state index in [4.69, 9.17) is 9.47 Å². The topological polar surface area (TPSA) is 55.8 Å². The van der Waals surface area contributed by atoms with Crippen LogP contribution in [0.2, 0.25) is 0 Å². The summed E-state index contributed by atoms with van der Waals surface area (Å²) in [6.07, 6.45) is 1.61. The molecule has 0 saturated carbocycles. The zero-order chi connectivity index (χ0) is 12.0. The molecule has 0 aliphatic carbocycles. The lowest BCUT2D eigenvalue weighted by atomic mass is 10.2. The predicted molar refractivity (Wildman–Crippen MR) is 57.8 cm³/mol. The van der Waals surface area contributed by atoms with E-state index in [0.29, 0.717) is 26.2 Å². The minimum Gasteiger partial charge on any atom is -0.465 e. The summed E-state index contributed by atoms with van der Waals surface area (Å²) in [5.41, 5.74) is 0. The SMILES string of the molecule is C=CCC1OCCN(CC(=O)OCC)C1=O. The van der Waals surface area contributed by atoms with Crippen LogP contribution >= 0.6 is 0 Å². The van der Waals surface area contributed by atoms with Gasteiger partial charge in [0.15, 0.2) is 0 Å². The maximum absolute atomic E-state index is 11.8. The molecule has 1 rings (SSSR count). The third kappa shape index (κ3) is 3.34. The van der Waals surface area contributed by atoms with Gasteiger partial charge in [0.2, 0.25) is 0 Å². The molecule has 0 N–H and O–H groups in total. The van der Waals surface area contributed by atoms with Crippen molar-refractivity contribution in [1.82, 2.24) is 4.90 Å². The molecule has 0 bridgehead atoms. The maximum Gasteiger partial charge on any atom is 0.325 e. The molecule has 1 amide bonds. The van der Waals surface area contributed by atoms with E-state index in [2.05, 4.69) is 6.58 Å². The van der Waals surface area contributed by atoms with Crippen LogP contribution in [0.1, 0.15) is 13.3 Å². The molecular weight excluding hydrogens is 210 g/mol. The van der Waals surface area contributed by atoms with Crippen LogP contribution in [0.5, 0.6) is 0 Å². The first-order chi connectivity index (χ1) is 7.69. The van der Waals surface area contributed by atoms with Gasteiger partial charge in [-0.3, -0.25) is 9.59 Å². The molecule has 1 aliphatic rings. The Morgan fingerprint density at radius 3 is 3.12 bits per heavy atom. The largest absolute Gasteiger partial charge is 0.465 e. The molecule has 16 heavy (non-hydrogen) atoms. The zero-order valence-electron chi connectivity index (χ0n) is 9.48. The predicted octanol–water partition coefficient (Wildman–Crippen LogP) is 0.353. The van der Waals surface area contributed by atoms with Gasteiger partial charge in [0.05, 0.1) is 13.2 Å². The molecule has 0 spiro atoms. The maximum atomic E-state index is 11.8. The van der Waals surface area contributed by atoms with Crippen LogP contribution in [0.3, 0.4) is 0 Å². The molecule has 0 aromatic carbocycles. The van der Waals surface area contributed by atoms with Crippen LogP contribution < -0.4 is 0 Å². The van der Waals surface area contributed by atoms with E-state index < -0.39 is 6.10 Å². The molecule has 1 fully saturated rings. The molecule has 90 valence electrons. The van der Waals surface area contributed by atoms with E-state index in [-0.39, 0.29) is 18.4 Å². The van der Waals surface area contributed by atoms with Gasteiger partial charge in [-0.15, -0.1) is 6.58 Å². The van der Waals surface area contributed by atoms with E-state index in [1.807, 2.05) is 0 Å². The number of hydrogen-bond donors (Lipinski definition) is 0. The third-order valence-corrected chi connectivity index (χ3v) is 2.27. The first kappa shape index (κ1) is 12.7. The van der Waals surface area contributed by atoms with Crippen LogP contribution in [0.4, 0.5) is 0 Å². The number of amides is 1. The highest BCUT2D eigenvalue weighted by Gasteiger charge is 2.29. The van der Waals surface area contributed by atoms with E-state index in [1.165, 1.54) is 4.90 Å². The van der Waals surface area contributed by atoms with Gasteiger partial charge in [-0.2, -0.15) is 0 Å². The molecule has 5 heteroatoms. The Kier molecular flexibility index (Phi) is 4.98. The zero-order valence-corrected chi connectivity index (χ0v) is 9.48. The van der Waals surface area contributed by atoms with Crippen molar-refractivity contribution in [2.24, 2.45) is 0 Å². The smallest absolute Gasteiger partial charge is 0.325 e. The lowest BCUT2D eigenvalue weighted by molar-refractivity contribution is -0.160. The van der Waals surface area contributed by atoms with Crippen molar-refractivity contribution in [2.45, 2.75) is 19.4 Å². The number of rotatable bonds is 5. The number of morpholine rings is 1. The van der Waals surface area contributed by atoms with E-state index in [0.717, 1.165) is 0 Å². The lowest BCUT2D eigenvalue weighted by Gasteiger charge is -2.31. The first-order valence-corrected chi connectivity index (χ1v) is 5.36. The van der Waals surface area contributed by atoms with E-state index >= 15 is 0 Å². The quantitative estimate of drug-likeness (QED) is 0.502. The summed E-state index contributed by atoms with van der Waals surface area (Å²) in [5.74, 6) is -0.547. The third-order valence-electron chi connectivity index (χ3n) is 2.27. The van der Waals surface area contributed by atoms with Gasteiger partial charge in [0, 0.05) is 13.0 Å². The Morgan fingerprint density at radius 2 is 2.50 bits per heavy atom. The van der Waals surface area contributed by atoms with Crippen LogP contribution in [-0.4, -0.2) is 49.2 Å². The summed E-state index contributed by atoms with van der Waals surface area (Å²) in [7, 11) is 0. The van der Waals surface area contributed by atoms with Gasteiger partial charge in [0.1, 0.15) is 12.6 Å². The highest BCUT2D eigenvalue weighted by Crippen LogP contribution is 2.10. The monoisotopic (exact) mass is 227 g/mol. The van der Waals surface area contributed by atoms with Gasteiger partial charge in [-0.05, 0) is 6.92 Å². The summed E-state index contributed by atoms with van der Waals surface area (Å²) in [6, 6.07) is 0. The van der Waals surface area contributed by atoms with Crippen molar-refractivity contribution in [1.29, 1.82) is 0 Å². The number of carbonyl (C=O) groups excluding carboxylic acids is 2. The average molecular weight is 227 g/mol. The van der Waals surface area contributed by atoms with Crippen LogP contribution in [0.15, 0.2) is 12.7 Å². The van der Waals surface area contributed by atoms with E-state index in [9.17, 15) is 9.59 Å². The van der Waals surface area contributed by atoms with Crippen molar-refractivity contribution in [3.63, 3.8) is 0 Å². The molecule has 0 aromatic heterocycles. The number of ether oxygens (including phenoxy) is 2. The van der Waals surface area contributed by atoms with Crippen LogP contribution in [-0.2, 0) is 19.1 Å². The second-order valence-corrected chi connectivity index (χ2v) is 3.45. The Labute approximate surface area is 95.0 Å². The molecule has 1 aliphatic heterocycles. The summed E-state index contributed by atoms with van der Waals surface area (Å²) in [5, 5.41) is 0. The normalized spacial score (nSPS) is 20.7. The number of hydrogen-bond acceptors (Lipinski definition) is 4. The van der Waals surface area contributed by atoms with Gasteiger partial charge >= 0.3 is 5.97 Å². The van der Waals surface area contributed by atoms with Gasteiger partial charge in [-0.25, -0.2) is 0 Å². The van der Waals surface area contributed by atoms with E-state index in [1.54, 1.807) is 13.0 Å². The van der Waals surface area contributed by atoms with Gasteiger partial charge in [0.25, 0.3) is 5.91 Å². The van der Waals surface area contributed by atoms with Crippen molar-refractivity contribution in [3.05, 3.63) is 12.7 Å². The first-order valence-electron chi connectivity index (χ1n) is 5.36. The summed E-state index contributed by atoms with van der Waals surface area (Å²) >= 11 is 0. The van der Waals surface area contributed by atoms with Crippen molar-refractivity contribution < 1.29 is 19.1 Å². The Balaban J connectivity index is 2.49. The highest BCUT2D eigenvalue weighted by molar-refractivity contribution is 5.85. The molecule has 0 aromatic rings. The number of carbonyl (C=O) groups is 2. The van der Waals surface area contributed by atoms with Crippen molar-refractivity contribution in [3.8, 4) is 0 Å².